The number of nitrogens with one attached hydrogen (secondary N) is 1. The molecule has 0 amide bonds. The third-order valence-electron chi connectivity index (χ3n) is 4.54. The van der Waals surface area contributed by atoms with Crippen LogP contribution < -0.4 is 15.0 Å². The molecule has 1 aromatic carbocycles. The molecule has 2 N–H and O–H groups in total. The SMILES string of the molecule is COc1ccc(N2CCCC2)cc1C1CC(C(=O)O)CN1. The molecule has 0 aromatic heterocycles. The van der Waals surface area contributed by atoms with E-state index in [-0.39, 0.29) is 12.0 Å². The van der Waals surface area contributed by atoms with Crippen LogP contribution in [0, 0.1) is 5.92 Å². The summed E-state index contributed by atoms with van der Waals surface area (Å²) < 4.78 is 5.47. The van der Waals surface area contributed by atoms with Crippen molar-refractivity contribution in [3.8, 4) is 5.75 Å². The first kappa shape index (κ1) is 14.2. The zero-order chi connectivity index (χ0) is 14.8. The molecule has 2 fully saturated rings. The van der Waals surface area contributed by atoms with Crippen molar-refractivity contribution in [3.05, 3.63) is 23.8 Å². The van der Waals surface area contributed by atoms with Crippen molar-refractivity contribution < 1.29 is 14.6 Å². The Morgan fingerprint density at radius 2 is 2.14 bits per heavy atom. The van der Waals surface area contributed by atoms with Crippen LogP contribution in [-0.4, -0.2) is 37.8 Å². The van der Waals surface area contributed by atoms with Crippen LogP contribution in [0.3, 0.4) is 0 Å². The van der Waals surface area contributed by atoms with Crippen LogP contribution in [0.25, 0.3) is 0 Å². The van der Waals surface area contributed by atoms with Gasteiger partial charge in [-0.25, -0.2) is 0 Å². The Morgan fingerprint density at radius 1 is 1.38 bits per heavy atom. The lowest BCUT2D eigenvalue weighted by molar-refractivity contribution is -0.141. The fraction of sp³-hybridized carbons (Fsp3) is 0.562. The third kappa shape index (κ3) is 2.83. The van der Waals surface area contributed by atoms with Gasteiger partial charge in [-0.3, -0.25) is 4.79 Å². The van der Waals surface area contributed by atoms with Gasteiger partial charge in [0.2, 0.25) is 0 Å². The molecule has 2 atom stereocenters. The average Bonchev–Trinajstić information content (AvgIpc) is 3.18. The Kier molecular flexibility index (Phi) is 4.01. The number of rotatable bonds is 4. The molecule has 0 bridgehead atoms. The van der Waals surface area contributed by atoms with E-state index < -0.39 is 5.97 Å². The number of hydrogen-bond donors (Lipinski definition) is 2. The Balaban J connectivity index is 1.85. The van der Waals surface area contributed by atoms with Gasteiger partial charge in [0.15, 0.2) is 0 Å². The maximum absolute atomic E-state index is 11.1. The first-order valence-corrected chi connectivity index (χ1v) is 7.58. The maximum Gasteiger partial charge on any atom is 0.307 e. The largest absolute Gasteiger partial charge is 0.496 e. The molecular formula is C16H22N2O3. The van der Waals surface area contributed by atoms with Crippen LogP contribution >= 0.6 is 0 Å². The minimum atomic E-state index is -0.723. The van der Waals surface area contributed by atoms with Crippen molar-refractivity contribution in [2.45, 2.75) is 25.3 Å². The van der Waals surface area contributed by atoms with E-state index in [9.17, 15) is 4.79 Å². The van der Waals surface area contributed by atoms with Gasteiger partial charge in [-0.1, -0.05) is 0 Å². The van der Waals surface area contributed by atoms with Crippen LogP contribution in [0.1, 0.15) is 30.9 Å². The van der Waals surface area contributed by atoms with Crippen molar-refractivity contribution in [2.24, 2.45) is 5.92 Å². The first-order valence-electron chi connectivity index (χ1n) is 7.58. The van der Waals surface area contributed by atoms with Crippen molar-refractivity contribution >= 4 is 11.7 Å². The summed E-state index contributed by atoms with van der Waals surface area (Å²) in [4.78, 5) is 13.5. The molecule has 2 unspecified atom stereocenters. The molecule has 5 heteroatoms. The first-order chi connectivity index (χ1) is 10.2. The van der Waals surface area contributed by atoms with Gasteiger partial charge in [0.05, 0.1) is 13.0 Å². The Bertz CT molecular complexity index is 526. The van der Waals surface area contributed by atoms with Crippen LogP contribution in [0.2, 0.25) is 0 Å². The van der Waals surface area contributed by atoms with Crippen LogP contribution in [0.15, 0.2) is 18.2 Å². The van der Waals surface area contributed by atoms with Crippen LogP contribution in [0.4, 0.5) is 5.69 Å². The monoisotopic (exact) mass is 290 g/mol. The second-order valence-corrected chi connectivity index (χ2v) is 5.85. The second-order valence-electron chi connectivity index (χ2n) is 5.85. The van der Waals surface area contributed by atoms with Crippen LogP contribution in [0.5, 0.6) is 5.75 Å². The predicted octanol–water partition coefficient (Wildman–Crippen LogP) is 2.03. The molecule has 2 saturated heterocycles. The van der Waals surface area contributed by atoms with Gasteiger partial charge in [0, 0.05) is 36.9 Å². The van der Waals surface area contributed by atoms with Gasteiger partial charge in [-0.05, 0) is 37.5 Å². The van der Waals surface area contributed by atoms with E-state index in [0.29, 0.717) is 13.0 Å². The van der Waals surface area contributed by atoms with E-state index >= 15 is 0 Å². The molecule has 1 aromatic rings. The smallest absolute Gasteiger partial charge is 0.307 e. The average molecular weight is 290 g/mol. The Morgan fingerprint density at radius 3 is 2.76 bits per heavy atom. The van der Waals surface area contributed by atoms with Gasteiger partial charge in [0.1, 0.15) is 5.75 Å². The minimum Gasteiger partial charge on any atom is -0.496 e. The Hall–Kier alpha value is -1.75. The summed E-state index contributed by atoms with van der Waals surface area (Å²) >= 11 is 0. The standard InChI is InChI=1S/C16H22N2O3/c1-21-15-5-4-12(18-6-2-3-7-18)9-13(15)14-8-11(10-17-14)16(19)20/h4-5,9,11,14,17H,2-3,6-8,10H2,1H3,(H,19,20). The molecule has 21 heavy (non-hydrogen) atoms. The summed E-state index contributed by atoms with van der Waals surface area (Å²) in [6.45, 7) is 2.72. The number of nitrogens with zero attached hydrogens (tertiary/aromatic N) is 1. The van der Waals surface area contributed by atoms with E-state index in [1.807, 2.05) is 6.07 Å². The molecule has 0 saturated carbocycles. The van der Waals surface area contributed by atoms with Crippen LogP contribution in [-0.2, 0) is 4.79 Å². The van der Waals surface area contributed by atoms with Crippen molar-refractivity contribution in [2.75, 3.05) is 31.6 Å². The molecule has 0 radical (unpaired) electrons. The number of carbonyl (C=O) groups is 1. The second kappa shape index (κ2) is 5.93. The highest BCUT2D eigenvalue weighted by molar-refractivity contribution is 5.71. The minimum absolute atomic E-state index is 0.0589. The topological polar surface area (TPSA) is 61.8 Å². The molecular weight excluding hydrogens is 268 g/mol. The van der Waals surface area contributed by atoms with E-state index in [1.54, 1.807) is 7.11 Å². The maximum atomic E-state index is 11.1. The number of ether oxygens (including phenoxy) is 1. The van der Waals surface area contributed by atoms with Crippen molar-refractivity contribution in [1.82, 2.24) is 5.32 Å². The van der Waals surface area contributed by atoms with Gasteiger partial charge >= 0.3 is 5.97 Å². The molecule has 114 valence electrons. The molecule has 5 nitrogen and oxygen atoms in total. The number of methoxy groups -OCH3 is 1. The highest BCUT2D eigenvalue weighted by atomic mass is 16.5. The number of hydrogen-bond acceptors (Lipinski definition) is 4. The summed E-state index contributed by atoms with van der Waals surface area (Å²) in [5, 5.41) is 12.5. The number of aliphatic carboxylic acids is 1. The lowest BCUT2D eigenvalue weighted by Crippen LogP contribution is -2.19. The Labute approximate surface area is 124 Å². The van der Waals surface area contributed by atoms with Gasteiger partial charge < -0.3 is 20.1 Å². The predicted molar refractivity (Wildman–Crippen MR) is 80.9 cm³/mol. The van der Waals surface area contributed by atoms with Crippen molar-refractivity contribution in [1.29, 1.82) is 0 Å². The number of carboxylic acid groups (broad SMARTS) is 1. The summed E-state index contributed by atoms with van der Waals surface area (Å²) in [5.41, 5.74) is 2.29. The lowest BCUT2D eigenvalue weighted by atomic mass is 9.98. The molecule has 0 spiro atoms. The molecule has 2 aliphatic heterocycles. The third-order valence-corrected chi connectivity index (χ3v) is 4.54. The normalized spacial score (nSPS) is 25.3. The highest BCUT2D eigenvalue weighted by Crippen LogP contribution is 2.36. The molecule has 2 heterocycles. The zero-order valence-electron chi connectivity index (χ0n) is 12.3. The number of anilines is 1. The van der Waals surface area contributed by atoms with E-state index in [1.165, 1.54) is 18.5 Å². The zero-order valence-corrected chi connectivity index (χ0v) is 12.3. The fourth-order valence-corrected chi connectivity index (χ4v) is 3.33. The fourth-order valence-electron chi connectivity index (χ4n) is 3.33. The van der Waals surface area contributed by atoms with E-state index in [4.69, 9.17) is 9.84 Å². The quantitative estimate of drug-likeness (QED) is 0.888. The van der Waals surface area contributed by atoms with Gasteiger partial charge in [-0.2, -0.15) is 0 Å². The summed E-state index contributed by atoms with van der Waals surface area (Å²) in [6.07, 6.45) is 3.10. The number of benzene rings is 1. The summed E-state index contributed by atoms with van der Waals surface area (Å²) in [6, 6.07) is 6.31. The number of carboxylic acids is 1. The summed E-state index contributed by atoms with van der Waals surface area (Å²) in [5.74, 6) is -0.198. The summed E-state index contributed by atoms with van der Waals surface area (Å²) in [7, 11) is 1.66. The molecule has 0 aliphatic carbocycles. The van der Waals surface area contributed by atoms with E-state index in [0.717, 1.165) is 24.4 Å². The highest BCUT2D eigenvalue weighted by Gasteiger charge is 2.32. The van der Waals surface area contributed by atoms with Crippen molar-refractivity contribution in [3.63, 3.8) is 0 Å². The molecule has 2 aliphatic rings. The van der Waals surface area contributed by atoms with Gasteiger partial charge in [-0.15, -0.1) is 0 Å². The molecule has 3 rings (SSSR count). The lowest BCUT2D eigenvalue weighted by Gasteiger charge is -2.22. The van der Waals surface area contributed by atoms with E-state index in [2.05, 4.69) is 22.3 Å². The van der Waals surface area contributed by atoms with Gasteiger partial charge in [0.25, 0.3) is 0 Å².